The molecule has 150 valence electrons. The fraction of sp³-hybridized carbons (Fsp3) is 0.350. The van der Waals surface area contributed by atoms with Gasteiger partial charge >= 0.3 is 6.09 Å². The molecule has 0 bridgehead atoms. The van der Waals surface area contributed by atoms with Crippen LogP contribution in [0.3, 0.4) is 0 Å². The van der Waals surface area contributed by atoms with Crippen molar-refractivity contribution < 1.29 is 23.9 Å². The Morgan fingerprint density at radius 3 is 2.32 bits per heavy atom. The maximum atomic E-state index is 11.8. The number of carbonyl (C=O) groups excluding carboxylic acids is 1. The summed E-state index contributed by atoms with van der Waals surface area (Å²) in [5.41, 5.74) is 0.489. The van der Waals surface area contributed by atoms with Crippen molar-refractivity contribution in [2.24, 2.45) is 0 Å². The highest BCUT2D eigenvalue weighted by Gasteiger charge is 2.19. The lowest BCUT2D eigenvalue weighted by atomic mass is 10.1. The minimum absolute atomic E-state index is 0.0506. The van der Waals surface area contributed by atoms with Gasteiger partial charge in [0.25, 0.3) is 5.69 Å². The molecule has 0 saturated heterocycles. The van der Waals surface area contributed by atoms with Gasteiger partial charge in [0.05, 0.1) is 24.1 Å². The zero-order chi connectivity index (χ0) is 20.7. The number of alkyl carbamates (subject to hydrolysis) is 1. The number of benzene rings is 2. The van der Waals surface area contributed by atoms with Gasteiger partial charge < -0.3 is 19.5 Å². The smallest absolute Gasteiger partial charge is 0.407 e. The lowest BCUT2D eigenvalue weighted by Crippen LogP contribution is -2.32. The fourth-order valence-corrected chi connectivity index (χ4v) is 2.34. The molecule has 0 fully saturated rings. The van der Waals surface area contributed by atoms with E-state index in [2.05, 4.69) is 5.32 Å². The summed E-state index contributed by atoms with van der Waals surface area (Å²) in [6.45, 7) is 5.46. The largest absolute Gasteiger partial charge is 0.497 e. The molecule has 0 aromatic heterocycles. The van der Waals surface area contributed by atoms with Gasteiger partial charge in [0.1, 0.15) is 23.7 Å². The van der Waals surface area contributed by atoms with Crippen molar-refractivity contribution in [1.29, 1.82) is 0 Å². The van der Waals surface area contributed by atoms with Crippen LogP contribution in [0.1, 0.15) is 31.9 Å². The van der Waals surface area contributed by atoms with Crippen LogP contribution in [0, 0.1) is 10.1 Å². The van der Waals surface area contributed by atoms with Crippen molar-refractivity contribution in [3.05, 3.63) is 63.7 Å². The third-order valence-electron chi connectivity index (χ3n) is 3.63. The zero-order valence-corrected chi connectivity index (χ0v) is 16.4. The van der Waals surface area contributed by atoms with Crippen molar-refractivity contribution >= 4 is 11.8 Å². The number of nitrogens with zero attached hydrogens (tertiary/aromatic N) is 1. The Morgan fingerprint density at radius 2 is 1.75 bits per heavy atom. The molecule has 0 unspecified atom stereocenters. The summed E-state index contributed by atoms with van der Waals surface area (Å²) >= 11 is 0. The first-order valence-corrected chi connectivity index (χ1v) is 8.68. The molecule has 8 nitrogen and oxygen atoms in total. The topological polar surface area (TPSA) is 99.9 Å². The van der Waals surface area contributed by atoms with Crippen molar-refractivity contribution in [1.82, 2.24) is 5.32 Å². The van der Waals surface area contributed by atoms with E-state index in [4.69, 9.17) is 14.2 Å². The van der Waals surface area contributed by atoms with Crippen LogP contribution in [0.2, 0.25) is 0 Å². The average Bonchev–Trinajstić information content (AvgIpc) is 2.63. The SMILES string of the molecule is COc1ccc(COc2ccc([N+](=O)[O-])c(CNC(=O)OC(C)(C)C)c2)cc1. The number of methoxy groups -OCH3 is 1. The van der Waals surface area contributed by atoms with Gasteiger partial charge in [0.15, 0.2) is 0 Å². The zero-order valence-electron chi connectivity index (χ0n) is 16.4. The monoisotopic (exact) mass is 388 g/mol. The van der Waals surface area contributed by atoms with Crippen LogP contribution in [0.25, 0.3) is 0 Å². The van der Waals surface area contributed by atoms with E-state index in [0.29, 0.717) is 17.9 Å². The van der Waals surface area contributed by atoms with Gasteiger partial charge in [-0.3, -0.25) is 10.1 Å². The molecule has 1 amide bonds. The number of rotatable bonds is 7. The van der Waals surface area contributed by atoms with Gasteiger partial charge in [-0.1, -0.05) is 12.1 Å². The minimum atomic E-state index is -0.653. The van der Waals surface area contributed by atoms with E-state index in [0.717, 1.165) is 11.3 Å². The van der Waals surface area contributed by atoms with Gasteiger partial charge in [-0.25, -0.2) is 4.79 Å². The molecule has 2 aromatic carbocycles. The summed E-state index contributed by atoms with van der Waals surface area (Å²) in [5, 5.41) is 13.8. The van der Waals surface area contributed by atoms with Gasteiger partial charge in [-0.05, 0) is 50.6 Å². The van der Waals surface area contributed by atoms with Gasteiger partial charge in [-0.2, -0.15) is 0 Å². The van der Waals surface area contributed by atoms with E-state index in [-0.39, 0.29) is 12.2 Å². The molecular formula is C20H24N2O6. The molecule has 2 aromatic rings. The van der Waals surface area contributed by atoms with Crippen LogP contribution in [0.15, 0.2) is 42.5 Å². The maximum Gasteiger partial charge on any atom is 0.407 e. The number of amides is 1. The number of nitro benzene ring substituents is 1. The molecule has 1 N–H and O–H groups in total. The lowest BCUT2D eigenvalue weighted by molar-refractivity contribution is -0.385. The number of hydrogen-bond acceptors (Lipinski definition) is 6. The summed E-state index contributed by atoms with van der Waals surface area (Å²) in [6, 6.07) is 11.8. The number of hydrogen-bond donors (Lipinski definition) is 1. The van der Waals surface area contributed by atoms with E-state index in [1.165, 1.54) is 12.1 Å². The van der Waals surface area contributed by atoms with E-state index in [1.807, 2.05) is 24.3 Å². The highest BCUT2D eigenvalue weighted by atomic mass is 16.6. The highest BCUT2D eigenvalue weighted by Crippen LogP contribution is 2.25. The summed E-state index contributed by atoms with van der Waals surface area (Å²) in [6.07, 6.45) is -0.647. The molecule has 0 spiro atoms. The minimum Gasteiger partial charge on any atom is -0.497 e. The Balaban J connectivity index is 2.06. The fourth-order valence-electron chi connectivity index (χ4n) is 2.34. The Hall–Kier alpha value is -3.29. The third-order valence-corrected chi connectivity index (χ3v) is 3.63. The second-order valence-electron chi connectivity index (χ2n) is 7.04. The van der Waals surface area contributed by atoms with Gasteiger partial charge in [-0.15, -0.1) is 0 Å². The number of carbonyl (C=O) groups is 1. The van der Waals surface area contributed by atoms with E-state index in [1.54, 1.807) is 33.9 Å². The summed E-state index contributed by atoms with van der Waals surface area (Å²) < 4.78 is 16.0. The Morgan fingerprint density at radius 1 is 1.11 bits per heavy atom. The van der Waals surface area contributed by atoms with Gasteiger partial charge in [0.2, 0.25) is 0 Å². The second kappa shape index (κ2) is 9.07. The molecule has 0 radical (unpaired) electrons. The maximum absolute atomic E-state index is 11.8. The highest BCUT2D eigenvalue weighted by molar-refractivity contribution is 5.68. The molecular weight excluding hydrogens is 364 g/mol. The predicted molar refractivity (Wildman–Crippen MR) is 103 cm³/mol. The van der Waals surface area contributed by atoms with E-state index < -0.39 is 16.6 Å². The van der Waals surface area contributed by atoms with Crippen molar-refractivity contribution in [2.75, 3.05) is 7.11 Å². The van der Waals surface area contributed by atoms with Crippen LogP contribution in [0.4, 0.5) is 10.5 Å². The number of nitrogens with one attached hydrogen (secondary N) is 1. The molecule has 0 atom stereocenters. The summed E-state index contributed by atoms with van der Waals surface area (Å²) in [7, 11) is 1.59. The summed E-state index contributed by atoms with van der Waals surface area (Å²) in [4.78, 5) is 22.6. The number of ether oxygens (including phenoxy) is 3. The first kappa shape index (κ1) is 21.0. The molecule has 0 aliphatic rings. The van der Waals surface area contributed by atoms with Crippen LogP contribution in [0.5, 0.6) is 11.5 Å². The molecule has 28 heavy (non-hydrogen) atoms. The Labute approximate surface area is 163 Å². The van der Waals surface area contributed by atoms with Crippen molar-refractivity contribution in [3.63, 3.8) is 0 Å². The van der Waals surface area contributed by atoms with Crippen LogP contribution in [-0.4, -0.2) is 23.7 Å². The van der Waals surface area contributed by atoms with Crippen LogP contribution in [-0.2, 0) is 17.9 Å². The van der Waals surface area contributed by atoms with Crippen LogP contribution >= 0.6 is 0 Å². The lowest BCUT2D eigenvalue weighted by Gasteiger charge is -2.19. The molecule has 8 heteroatoms. The van der Waals surface area contributed by atoms with Crippen molar-refractivity contribution in [2.45, 2.75) is 39.5 Å². The first-order valence-electron chi connectivity index (χ1n) is 8.68. The molecule has 0 aliphatic carbocycles. The van der Waals surface area contributed by atoms with Crippen LogP contribution < -0.4 is 14.8 Å². The molecule has 0 heterocycles. The molecule has 2 rings (SSSR count). The quantitative estimate of drug-likeness (QED) is 0.563. The Kier molecular flexibility index (Phi) is 6.81. The first-order chi connectivity index (χ1) is 13.2. The summed E-state index contributed by atoms with van der Waals surface area (Å²) in [5.74, 6) is 1.21. The van der Waals surface area contributed by atoms with E-state index >= 15 is 0 Å². The van der Waals surface area contributed by atoms with Crippen molar-refractivity contribution in [3.8, 4) is 11.5 Å². The Bertz CT molecular complexity index is 828. The normalized spacial score (nSPS) is 10.9. The molecule has 0 aliphatic heterocycles. The second-order valence-corrected chi connectivity index (χ2v) is 7.04. The predicted octanol–water partition coefficient (Wildman–Crippen LogP) is 4.21. The van der Waals surface area contributed by atoms with Gasteiger partial charge in [0, 0.05) is 6.07 Å². The van der Waals surface area contributed by atoms with E-state index in [9.17, 15) is 14.9 Å². The number of nitro groups is 1. The molecule has 0 saturated carbocycles. The average molecular weight is 388 g/mol. The standard InChI is InChI=1S/C20H24N2O6/c1-20(2,3)28-19(23)21-12-15-11-17(9-10-18(15)22(24)25)27-13-14-5-7-16(26-4)8-6-14/h5-11H,12-13H2,1-4H3,(H,21,23). The third kappa shape index (κ3) is 6.46.